The van der Waals surface area contributed by atoms with Crippen LogP contribution in [0.4, 0.5) is 0 Å². The lowest BCUT2D eigenvalue weighted by Crippen LogP contribution is -2.23. The molecular formula is C15H20N2O4. The number of nitrogens with zero attached hydrogens (tertiary/aromatic N) is 1. The second kappa shape index (κ2) is 6.58. The van der Waals surface area contributed by atoms with Crippen LogP contribution in [-0.4, -0.2) is 41.6 Å². The number of ether oxygens (including phenoxy) is 1. The molecule has 6 heteroatoms. The standard InChI is InChI=1S/C15H20N2O4/c1-10-6-17(8-13(10)15(19)20)7-11-2-4-12(5-3-11)21-9-14(16)18/h2-5,10,13H,6-9H2,1H3,(H2,16,18)(H,19,20)/t10-,13-/m1/s1. The zero-order valence-corrected chi connectivity index (χ0v) is 12.0. The Balaban J connectivity index is 1.89. The Morgan fingerprint density at radius 3 is 2.52 bits per heavy atom. The molecule has 114 valence electrons. The molecule has 0 unspecified atom stereocenters. The van der Waals surface area contributed by atoms with E-state index < -0.39 is 11.9 Å². The number of nitrogens with two attached hydrogens (primary N) is 1. The molecule has 1 aromatic rings. The summed E-state index contributed by atoms with van der Waals surface area (Å²) in [5.41, 5.74) is 6.09. The van der Waals surface area contributed by atoms with Crippen molar-refractivity contribution >= 4 is 11.9 Å². The number of rotatable bonds is 6. The molecule has 2 rings (SSSR count). The topological polar surface area (TPSA) is 92.9 Å². The van der Waals surface area contributed by atoms with E-state index in [0.717, 1.165) is 12.1 Å². The van der Waals surface area contributed by atoms with Crippen LogP contribution in [0.5, 0.6) is 5.75 Å². The highest BCUT2D eigenvalue weighted by Gasteiger charge is 2.34. The summed E-state index contributed by atoms with van der Waals surface area (Å²) >= 11 is 0. The van der Waals surface area contributed by atoms with E-state index in [1.165, 1.54) is 0 Å². The lowest BCUT2D eigenvalue weighted by atomic mass is 9.99. The monoisotopic (exact) mass is 292 g/mol. The molecule has 0 spiro atoms. The van der Waals surface area contributed by atoms with Gasteiger partial charge in [0.25, 0.3) is 5.91 Å². The fourth-order valence-electron chi connectivity index (χ4n) is 2.62. The Hall–Kier alpha value is -2.08. The molecule has 0 bridgehead atoms. The summed E-state index contributed by atoms with van der Waals surface area (Å²) in [4.78, 5) is 23.9. The number of primary amides is 1. The minimum absolute atomic E-state index is 0.136. The van der Waals surface area contributed by atoms with E-state index in [-0.39, 0.29) is 18.4 Å². The number of carbonyl (C=O) groups excluding carboxylic acids is 1. The zero-order valence-electron chi connectivity index (χ0n) is 12.0. The van der Waals surface area contributed by atoms with Crippen LogP contribution in [0, 0.1) is 11.8 Å². The molecule has 1 saturated heterocycles. The zero-order chi connectivity index (χ0) is 15.4. The van der Waals surface area contributed by atoms with Crippen LogP contribution >= 0.6 is 0 Å². The number of benzene rings is 1. The Kier molecular flexibility index (Phi) is 4.80. The van der Waals surface area contributed by atoms with Crippen molar-refractivity contribution in [1.29, 1.82) is 0 Å². The summed E-state index contributed by atoms with van der Waals surface area (Å²) in [7, 11) is 0. The van der Waals surface area contributed by atoms with Gasteiger partial charge < -0.3 is 15.6 Å². The minimum atomic E-state index is -0.722. The van der Waals surface area contributed by atoms with Crippen molar-refractivity contribution in [3.05, 3.63) is 29.8 Å². The van der Waals surface area contributed by atoms with Gasteiger partial charge in [-0.1, -0.05) is 19.1 Å². The van der Waals surface area contributed by atoms with E-state index in [9.17, 15) is 9.59 Å². The number of hydrogen-bond donors (Lipinski definition) is 2. The van der Waals surface area contributed by atoms with Gasteiger partial charge in [-0.05, 0) is 23.6 Å². The molecule has 3 N–H and O–H groups in total. The van der Waals surface area contributed by atoms with Crippen molar-refractivity contribution in [3.63, 3.8) is 0 Å². The minimum Gasteiger partial charge on any atom is -0.484 e. The van der Waals surface area contributed by atoms with E-state index in [1.807, 2.05) is 19.1 Å². The maximum Gasteiger partial charge on any atom is 0.308 e. The number of carbonyl (C=O) groups is 2. The molecule has 0 saturated carbocycles. The molecule has 1 heterocycles. The molecule has 0 aliphatic carbocycles. The number of likely N-dealkylation sites (tertiary alicyclic amines) is 1. The van der Waals surface area contributed by atoms with E-state index >= 15 is 0 Å². The average Bonchev–Trinajstić information content (AvgIpc) is 2.79. The molecule has 6 nitrogen and oxygen atoms in total. The molecule has 1 fully saturated rings. The van der Waals surface area contributed by atoms with Crippen molar-refractivity contribution < 1.29 is 19.4 Å². The predicted octanol–water partition coefficient (Wildman–Crippen LogP) is 0.703. The van der Waals surface area contributed by atoms with Crippen molar-refractivity contribution in [2.24, 2.45) is 17.6 Å². The number of carboxylic acids is 1. The summed E-state index contributed by atoms with van der Waals surface area (Å²) in [5, 5.41) is 9.13. The van der Waals surface area contributed by atoms with Gasteiger partial charge in [0.2, 0.25) is 0 Å². The van der Waals surface area contributed by atoms with E-state index in [2.05, 4.69) is 4.90 Å². The Labute approximate surface area is 123 Å². The van der Waals surface area contributed by atoms with Gasteiger partial charge in [-0.25, -0.2) is 0 Å². The highest BCUT2D eigenvalue weighted by Crippen LogP contribution is 2.25. The van der Waals surface area contributed by atoms with Gasteiger partial charge in [0.05, 0.1) is 5.92 Å². The van der Waals surface area contributed by atoms with Gasteiger partial charge >= 0.3 is 5.97 Å². The molecule has 1 amide bonds. The molecule has 0 aromatic heterocycles. The average molecular weight is 292 g/mol. The predicted molar refractivity (Wildman–Crippen MR) is 76.7 cm³/mol. The van der Waals surface area contributed by atoms with Crippen molar-refractivity contribution in [2.45, 2.75) is 13.5 Å². The molecule has 1 aliphatic rings. The molecular weight excluding hydrogens is 272 g/mol. The normalized spacial score (nSPS) is 22.1. The Bertz CT molecular complexity index is 515. The highest BCUT2D eigenvalue weighted by atomic mass is 16.5. The van der Waals surface area contributed by atoms with Crippen LogP contribution in [0.15, 0.2) is 24.3 Å². The van der Waals surface area contributed by atoms with Crippen molar-refractivity contribution in [2.75, 3.05) is 19.7 Å². The van der Waals surface area contributed by atoms with Gasteiger partial charge in [0.1, 0.15) is 5.75 Å². The quantitative estimate of drug-likeness (QED) is 0.805. The summed E-state index contributed by atoms with van der Waals surface area (Å²) in [6.45, 7) is 3.92. The first-order valence-corrected chi connectivity index (χ1v) is 6.91. The van der Waals surface area contributed by atoms with Crippen LogP contribution in [0.25, 0.3) is 0 Å². The highest BCUT2D eigenvalue weighted by molar-refractivity contribution is 5.75. The molecule has 0 radical (unpaired) electrons. The van der Waals surface area contributed by atoms with Crippen LogP contribution in [0.2, 0.25) is 0 Å². The first-order chi connectivity index (χ1) is 9.95. The Morgan fingerprint density at radius 1 is 1.33 bits per heavy atom. The summed E-state index contributed by atoms with van der Waals surface area (Å²) in [6, 6.07) is 7.39. The third-order valence-corrected chi connectivity index (χ3v) is 3.72. The van der Waals surface area contributed by atoms with Crippen LogP contribution in [0.3, 0.4) is 0 Å². The second-order valence-electron chi connectivity index (χ2n) is 5.52. The third kappa shape index (κ3) is 4.19. The lowest BCUT2D eigenvalue weighted by Gasteiger charge is -2.15. The largest absolute Gasteiger partial charge is 0.484 e. The third-order valence-electron chi connectivity index (χ3n) is 3.72. The summed E-state index contributed by atoms with van der Waals surface area (Å²) in [6.07, 6.45) is 0. The Morgan fingerprint density at radius 2 is 2.00 bits per heavy atom. The summed E-state index contributed by atoms with van der Waals surface area (Å²) in [5.74, 6) is -0.760. The van der Waals surface area contributed by atoms with Crippen LogP contribution in [0.1, 0.15) is 12.5 Å². The SMILES string of the molecule is C[C@@H]1CN(Cc2ccc(OCC(N)=O)cc2)C[C@H]1C(=O)O. The van der Waals surface area contributed by atoms with E-state index in [1.54, 1.807) is 12.1 Å². The van der Waals surface area contributed by atoms with E-state index in [0.29, 0.717) is 18.8 Å². The maximum atomic E-state index is 11.1. The van der Waals surface area contributed by atoms with Crippen molar-refractivity contribution in [3.8, 4) is 5.75 Å². The van der Waals surface area contributed by atoms with Gasteiger partial charge in [0, 0.05) is 19.6 Å². The molecule has 1 aliphatic heterocycles. The fraction of sp³-hybridized carbons (Fsp3) is 0.467. The first-order valence-electron chi connectivity index (χ1n) is 6.91. The maximum absolute atomic E-state index is 11.1. The molecule has 21 heavy (non-hydrogen) atoms. The lowest BCUT2D eigenvalue weighted by molar-refractivity contribution is -0.142. The number of amides is 1. The van der Waals surface area contributed by atoms with E-state index in [4.69, 9.17) is 15.6 Å². The van der Waals surface area contributed by atoms with Gasteiger partial charge in [0.15, 0.2) is 6.61 Å². The number of hydrogen-bond acceptors (Lipinski definition) is 4. The van der Waals surface area contributed by atoms with Gasteiger partial charge in [-0.2, -0.15) is 0 Å². The van der Waals surface area contributed by atoms with Crippen LogP contribution in [-0.2, 0) is 16.1 Å². The fourth-order valence-corrected chi connectivity index (χ4v) is 2.62. The number of aliphatic carboxylic acids is 1. The van der Waals surface area contributed by atoms with Crippen LogP contribution < -0.4 is 10.5 Å². The smallest absolute Gasteiger partial charge is 0.308 e. The molecule has 2 atom stereocenters. The summed E-state index contributed by atoms with van der Waals surface area (Å²) < 4.78 is 5.19. The second-order valence-corrected chi connectivity index (χ2v) is 5.52. The van der Waals surface area contributed by atoms with Gasteiger partial charge in [-0.15, -0.1) is 0 Å². The molecule has 1 aromatic carbocycles. The van der Waals surface area contributed by atoms with Gasteiger partial charge in [-0.3, -0.25) is 14.5 Å². The first kappa shape index (κ1) is 15.3. The van der Waals surface area contributed by atoms with Crippen molar-refractivity contribution in [1.82, 2.24) is 4.90 Å². The number of carboxylic acid groups (broad SMARTS) is 1.